The molecule has 0 saturated carbocycles. The van der Waals surface area contributed by atoms with Gasteiger partial charge >= 0.3 is 5.97 Å². The third kappa shape index (κ3) is 4.63. The van der Waals surface area contributed by atoms with Crippen LogP contribution >= 0.6 is 0 Å². The van der Waals surface area contributed by atoms with Gasteiger partial charge in [0.2, 0.25) is 0 Å². The molecule has 0 saturated heterocycles. The summed E-state index contributed by atoms with van der Waals surface area (Å²) in [5.74, 6) is -0.129. The van der Waals surface area contributed by atoms with E-state index >= 15 is 0 Å². The molecule has 0 spiro atoms. The van der Waals surface area contributed by atoms with E-state index in [1.807, 2.05) is 24.3 Å². The van der Waals surface area contributed by atoms with E-state index in [1.54, 1.807) is 18.3 Å². The number of ether oxygens (including phenoxy) is 1. The minimum atomic E-state index is -0.945. The number of anilines is 1. The van der Waals surface area contributed by atoms with Gasteiger partial charge in [-0.15, -0.1) is 0 Å². The van der Waals surface area contributed by atoms with Gasteiger partial charge in [0.25, 0.3) is 0 Å². The van der Waals surface area contributed by atoms with Crippen LogP contribution in [0, 0.1) is 0 Å². The van der Waals surface area contributed by atoms with Crippen molar-refractivity contribution in [1.82, 2.24) is 0 Å². The zero-order chi connectivity index (χ0) is 15.8. The number of hydrogen-bond acceptors (Lipinski definition) is 4. The van der Waals surface area contributed by atoms with E-state index < -0.39 is 5.97 Å². The van der Waals surface area contributed by atoms with Crippen molar-refractivity contribution in [2.45, 2.75) is 13.3 Å². The molecule has 0 bridgehead atoms. The molecule has 2 N–H and O–H groups in total. The highest BCUT2D eigenvalue weighted by Gasteiger charge is 2.00. The summed E-state index contributed by atoms with van der Waals surface area (Å²) in [6, 6.07) is 14.0. The fourth-order valence-corrected chi connectivity index (χ4v) is 1.77. The third-order valence-corrected chi connectivity index (χ3v) is 2.87. The Kier molecular flexibility index (Phi) is 5.54. The first kappa shape index (κ1) is 15.6. The van der Waals surface area contributed by atoms with E-state index in [-0.39, 0.29) is 5.56 Å². The van der Waals surface area contributed by atoms with Crippen molar-refractivity contribution in [1.29, 1.82) is 0 Å². The summed E-state index contributed by atoms with van der Waals surface area (Å²) < 4.78 is 5.56. The van der Waals surface area contributed by atoms with Crippen LogP contribution in [-0.2, 0) is 0 Å². The van der Waals surface area contributed by atoms with Crippen molar-refractivity contribution in [2.75, 3.05) is 12.0 Å². The van der Waals surface area contributed by atoms with Gasteiger partial charge in [0, 0.05) is 0 Å². The Bertz CT molecular complexity index is 651. The molecule has 0 amide bonds. The van der Waals surface area contributed by atoms with Gasteiger partial charge in [-0.25, -0.2) is 4.79 Å². The van der Waals surface area contributed by atoms with E-state index in [9.17, 15) is 4.79 Å². The Hall–Kier alpha value is -2.82. The number of carbonyl (C=O) groups is 1. The van der Waals surface area contributed by atoms with Crippen LogP contribution in [0.25, 0.3) is 0 Å². The van der Waals surface area contributed by atoms with Gasteiger partial charge in [0.15, 0.2) is 0 Å². The maximum Gasteiger partial charge on any atom is 0.335 e. The van der Waals surface area contributed by atoms with Crippen LogP contribution in [0.15, 0.2) is 53.6 Å². The summed E-state index contributed by atoms with van der Waals surface area (Å²) >= 11 is 0. The first-order valence-corrected chi connectivity index (χ1v) is 7.04. The lowest BCUT2D eigenvalue weighted by Crippen LogP contribution is -1.97. The first-order chi connectivity index (χ1) is 10.7. The van der Waals surface area contributed by atoms with Crippen molar-refractivity contribution >= 4 is 17.9 Å². The van der Waals surface area contributed by atoms with Crippen LogP contribution in [0.2, 0.25) is 0 Å². The van der Waals surface area contributed by atoms with Crippen LogP contribution < -0.4 is 10.2 Å². The molecule has 0 fully saturated rings. The van der Waals surface area contributed by atoms with Gasteiger partial charge in [0.05, 0.1) is 24.1 Å². The lowest BCUT2D eigenvalue weighted by molar-refractivity contribution is 0.0697. The predicted octanol–water partition coefficient (Wildman–Crippen LogP) is 3.62. The fraction of sp³-hybridized carbons (Fsp3) is 0.176. The fourth-order valence-electron chi connectivity index (χ4n) is 1.77. The number of nitrogens with zero attached hydrogens (tertiary/aromatic N) is 1. The zero-order valence-electron chi connectivity index (χ0n) is 12.3. The van der Waals surface area contributed by atoms with Crippen LogP contribution in [0.4, 0.5) is 5.69 Å². The normalized spacial score (nSPS) is 10.6. The van der Waals surface area contributed by atoms with Crippen molar-refractivity contribution < 1.29 is 14.6 Å². The van der Waals surface area contributed by atoms with Crippen LogP contribution in [-0.4, -0.2) is 23.9 Å². The molecule has 0 radical (unpaired) electrons. The number of hydrogen-bond donors (Lipinski definition) is 2. The lowest BCUT2D eigenvalue weighted by Gasteiger charge is -2.04. The van der Waals surface area contributed by atoms with Crippen LogP contribution in [0.3, 0.4) is 0 Å². The molecule has 2 rings (SSSR count). The van der Waals surface area contributed by atoms with Crippen molar-refractivity contribution in [3.8, 4) is 5.75 Å². The van der Waals surface area contributed by atoms with Gasteiger partial charge in [-0.2, -0.15) is 5.10 Å². The summed E-state index contributed by atoms with van der Waals surface area (Å²) in [6.07, 6.45) is 2.65. The second kappa shape index (κ2) is 7.83. The molecule has 0 aliphatic rings. The average molecular weight is 298 g/mol. The Balaban J connectivity index is 1.95. The Morgan fingerprint density at radius 2 is 2.05 bits per heavy atom. The first-order valence-electron chi connectivity index (χ1n) is 7.04. The van der Waals surface area contributed by atoms with Gasteiger partial charge in [0.1, 0.15) is 5.75 Å². The molecule has 114 valence electrons. The minimum absolute atomic E-state index is 0.246. The van der Waals surface area contributed by atoms with Crippen LogP contribution in [0.1, 0.15) is 29.3 Å². The SMILES string of the molecule is CCCOc1cccc(/C=N/Nc2ccc(C(=O)O)cc2)c1. The molecule has 0 aromatic heterocycles. The molecule has 2 aromatic rings. The quantitative estimate of drug-likeness (QED) is 0.605. The number of carboxylic acids is 1. The molecule has 22 heavy (non-hydrogen) atoms. The molecule has 0 aliphatic heterocycles. The molecule has 0 heterocycles. The third-order valence-electron chi connectivity index (χ3n) is 2.87. The summed E-state index contributed by atoms with van der Waals surface area (Å²) in [5, 5.41) is 13.0. The second-order valence-corrected chi connectivity index (χ2v) is 4.67. The largest absolute Gasteiger partial charge is 0.494 e. The van der Waals surface area contributed by atoms with Crippen molar-refractivity contribution in [2.24, 2.45) is 5.10 Å². The smallest absolute Gasteiger partial charge is 0.335 e. The summed E-state index contributed by atoms with van der Waals surface area (Å²) in [5.41, 5.74) is 4.74. The minimum Gasteiger partial charge on any atom is -0.494 e. The highest BCUT2D eigenvalue weighted by atomic mass is 16.5. The number of nitrogens with one attached hydrogen (secondary N) is 1. The zero-order valence-corrected chi connectivity index (χ0v) is 12.3. The molecule has 2 aromatic carbocycles. The number of hydrazone groups is 1. The monoisotopic (exact) mass is 298 g/mol. The molecular formula is C17H18N2O3. The topological polar surface area (TPSA) is 70.9 Å². The molecule has 0 atom stereocenters. The van der Waals surface area contributed by atoms with Crippen molar-refractivity contribution in [3.05, 3.63) is 59.7 Å². The summed E-state index contributed by atoms with van der Waals surface area (Å²) in [4.78, 5) is 10.8. The molecule has 5 heteroatoms. The predicted molar refractivity (Wildman–Crippen MR) is 86.8 cm³/mol. The standard InChI is InChI=1S/C17H18N2O3/c1-2-10-22-16-5-3-4-13(11-16)12-18-19-15-8-6-14(7-9-15)17(20)21/h3-9,11-12,19H,2,10H2,1H3,(H,20,21)/b18-12+. The Morgan fingerprint density at radius 3 is 2.73 bits per heavy atom. The second-order valence-electron chi connectivity index (χ2n) is 4.67. The van der Waals surface area contributed by atoms with E-state index in [0.29, 0.717) is 6.61 Å². The molecule has 0 aliphatic carbocycles. The summed E-state index contributed by atoms with van der Waals surface area (Å²) in [7, 11) is 0. The van der Waals surface area contributed by atoms with Crippen molar-refractivity contribution in [3.63, 3.8) is 0 Å². The Morgan fingerprint density at radius 1 is 1.27 bits per heavy atom. The van der Waals surface area contributed by atoms with E-state index in [1.165, 1.54) is 12.1 Å². The van der Waals surface area contributed by atoms with Crippen LogP contribution in [0.5, 0.6) is 5.75 Å². The Labute approximate surface area is 129 Å². The van der Waals surface area contributed by atoms with Gasteiger partial charge in [-0.3, -0.25) is 5.43 Å². The van der Waals surface area contributed by atoms with Gasteiger partial charge in [-0.1, -0.05) is 19.1 Å². The molecule has 0 unspecified atom stereocenters. The molecule has 5 nitrogen and oxygen atoms in total. The summed E-state index contributed by atoms with van der Waals surface area (Å²) in [6.45, 7) is 2.75. The lowest BCUT2D eigenvalue weighted by atomic mass is 10.2. The highest BCUT2D eigenvalue weighted by molar-refractivity contribution is 5.88. The number of benzene rings is 2. The van der Waals surface area contributed by atoms with E-state index in [0.717, 1.165) is 23.4 Å². The van der Waals surface area contributed by atoms with E-state index in [4.69, 9.17) is 9.84 Å². The molecular weight excluding hydrogens is 280 g/mol. The number of aromatic carboxylic acids is 1. The van der Waals surface area contributed by atoms with Gasteiger partial charge in [-0.05, 0) is 48.4 Å². The van der Waals surface area contributed by atoms with Gasteiger partial charge < -0.3 is 9.84 Å². The number of rotatable bonds is 7. The average Bonchev–Trinajstić information content (AvgIpc) is 2.54. The van der Waals surface area contributed by atoms with E-state index in [2.05, 4.69) is 17.5 Å². The maximum atomic E-state index is 10.8. The highest BCUT2D eigenvalue weighted by Crippen LogP contribution is 2.13. The maximum absolute atomic E-state index is 10.8. The number of carboxylic acid groups (broad SMARTS) is 1.